The molecule has 100 valence electrons. The fourth-order valence-electron chi connectivity index (χ4n) is 1.30. The van der Waals surface area contributed by atoms with Gasteiger partial charge in [-0.2, -0.15) is 0 Å². The quantitative estimate of drug-likeness (QED) is 0.789. The summed E-state index contributed by atoms with van der Waals surface area (Å²) >= 11 is 6.00. The van der Waals surface area contributed by atoms with E-state index in [1.165, 1.54) is 23.0 Å². The molecule has 0 amide bonds. The predicted molar refractivity (Wildman–Crippen MR) is 70.6 cm³/mol. The van der Waals surface area contributed by atoms with Crippen molar-refractivity contribution >= 4 is 33.6 Å². The Morgan fingerprint density at radius 1 is 1.42 bits per heavy atom. The van der Waals surface area contributed by atoms with Crippen LogP contribution in [0.5, 0.6) is 0 Å². The molecule has 1 aromatic heterocycles. The van der Waals surface area contributed by atoms with Crippen LogP contribution < -0.4 is 0 Å². The monoisotopic (exact) mass is 299 g/mol. The molecule has 2 rings (SSSR count). The average Bonchev–Trinajstić information content (AvgIpc) is 2.72. The number of tetrazole rings is 1. The molecule has 2 aromatic rings. The summed E-state index contributed by atoms with van der Waals surface area (Å²) in [5.41, 5.74) is 0.581. The molecule has 1 heterocycles. The molecule has 0 fully saturated rings. The van der Waals surface area contributed by atoms with Crippen molar-refractivity contribution in [3.63, 3.8) is 0 Å². The van der Waals surface area contributed by atoms with Gasteiger partial charge in [0.2, 0.25) is 0 Å². The Balaban J connectivity index is 2.33. The van der Waals surface area contributed by atoms with E-state index in [2.05, 4.69) is 20.5 Å². The molecule has 9 heteroatoms. The van der Waals surface area contributed by atoms with E-state index in [0.717, 1.165) is 6.26 Å². The van der Waals surface area contributed by atoms with Gasteiger partial charge in [0.1, 0.15) is 0 Å². The largest absolute Gasteiger partial charge is 0.268 e. The zero-order valence-electron chi connectivity index (χ0n) is 10.1. The van der Waals surface area contributed by atoms with Crippen molar-refractivity contribution in [1.29, 1.82) is 0 Å². The molecule has 0 saturated carbocycles. The normalized spacial score (nSPS) is 12.2. The second-order valence-electron chi connectivity index (χ2n) is 3.82. The summed E-state index contributed by atoms with van der Waals surface area (Å²) in [6.07, 6.45) is 2.59. The van der Waals surface area contributed by atoms with Gasteiger partial charge in [0.05, 0.1) is 9.92 Å². The SMILES string of the molecule is Cn1nnnc1N=Cc1ccc(S(C)(=O)=O)cc1Cl. The number of aromatic nitrogens is 4. The number of hydrogen-bond donors (Lipinski definition) is 0. The first-order valence-electron chi connectivity index (χ1n) is 5.14. The minimum absolute atomic E-state index is 0.162. The number of rotatable bonds is 3. The zero-order valence-corrected chi connectivity index (χ0v) is 11.7. The summed E-state index contributed by atoms with van der Waals surface area (Å²) in [6, 6.07) is 4.43. The number of nitrogens with zero attached hydrogens (tertiary/aromatic N) is 5. The average molecular weight is 300 g/mol. The summed E-state index contributed by atoms with van der Waals surface area (Å²) in [5.74, 6) is 0.322. The lowest BCUT2D eigenvalue weighted by Crippen LogP contribution is -1.97. The van der Waals surface area contributed by atoms with Crippen molar-refractivity contribution in [2.75, 3.05) is 6.26 Å². The van der Waals surface area contributed by atoms with E-state index < -0.39 is 9.84 Å². The number of aryl methyl sites for hydroxylation is 1. The maximum Gasteiger partial charge on any atom is 0.268 e. The first kappa shape index (κ1) is 13.6. The number of halogens is 1. The van der Waals surface area contributed by atoms with Crippen molar-refractivity contribution in [2.45, 2.75) is 4.90 Å². The third kappa shape index (κ3) is 3.15. The van der Waals surface area contributed by atoms with Gasteiger partial charge >= 0.3 is 0 Å². The highest BCUT2D eigenvalue weighted by Gasteiger charge is 2.09. The molecular weight excluding hydrogens is 290 g/mol. The van der Waals surface area contributed by atoms with Gasteiger partial charge < -0.3 is 0 Å². The fourth-order valence-corrected chi connectivity index (χ4v) is 2.25. The Labute approximate surface area is 114 Å². The highest BCUT2D eigenvalue weighted by atomic mass is 35.5. The van der Waals surface area contributed by atoms with Crippen LogP contribution in [0.25, 0.3) is 0 Å². The maximum atomic E-state index is 11.4. The molecule has 1 aromatic carbocycles. The topological polar surface area (TPSA) is 90.1 Å². The Kier molecular flexibility index (Phi) is 3.63. The maximum absolute atomic E-state index is 11.4. The van der Waals surface area contributed by atoms with Gasteiger partial charge in [0, 0.05) is 25.1 Å². The van der Waals surface area contributed by atoms with Crippen LogP contribution in [-0.4, -0.2) is 41.1 Å². The summed E-state index contributed by atoms with van der Waals surface area (Å²) in [6.45, 7) is 0. The predicted octanol–water partition coefficient (Wildman–Crippen LogP) is 1.02. The molecule has 0 spiro atoms. The highest BCUT2D eigenvalue weighted by molar-refractivity contribution is 7.90. The van der Waals surface area contributed by atoms with Crippen LogP contribution in [0.15, 0.2) is 28.1 Å². The van der Waals surface area contributed by atoms with E-state index in [0.29, 0.717) is 16.5 Å². The van der Waals surface area contributed by atoms with Crippen LogP contribution in [0, 0.1) is 0 Å². The third-order valence-corrected chi connectivity index (χ3v) is 3.75. The molecule has 0 atom stereocenters. The van der Waals surface area contributed by atoms with Crippen LogP contribution in [-0.2, 0) is 16.9 Å². The summed E-state index contributed by atoms with van der Waals surface area (Å²) in [4.78, 5) is 4.22. The molecular formula is C10H10ClN5O2S. The van der Waals surface area contributed by atoms with E-state index in [1.54, 1.807) is 13.1 Å². The van der Waals surface area contributed by atoms with Crippen molar-refractivity contribution in [3.05, 3.63) is 28.8 Å². The second kappa shape index (κ2) is 5.06. The summed E-state index contributed by atoms with van der Waals surface area (Å²) in [5, 5.41) is 11.0. The van der Waals surface area contributed by atoms with Crippen LogP contribution in [0.1, 0.15) is 5.56 Å². The molecule has 0 N–H and O–H groups in total. The van der Waals surface area contributed by atoms with Crippen molar-refractivity contribution in [1.82, 2.24) is 20.2 Å². The fraction of sp³-hybridized carbons (Fsp3) is 0.200. The lowest BCUT2D eigenvalue weighted by atomic mass is 10.2. The van der Waals surface area contributed by atoms with E-state index in [9.17, 15) is 8.42 Å². The number of sulfone groups is 1. The lowest BCUT2D eigenvalue weighted by molar-refractivity contribution is 0.602. The molecule has 0 aliphatic heterocycles. The van der Waals surface area contributed by atoms with Gasteiger partial charge in [0.15, 0.2) is 9.84 Å². The van der Waals surface area contributed by atoms with Crippen LogP contribution in [0.2, 0.25) is 5.02 Å². The zero-order chi connectivity index (χ0) is 14.0. The molecule has 0 radical (unpaired) electrons. The first-order valence-corrected chi connectivity index (χ1v) is 7.41. The molecule has 0 aliphatic rings. The molecule has 19 heavy (non-hydrogen) atoms. The Bertz CT molecular complexity index is 738. The van der Waals surface area contributed by atoms with Gasteiger partial charge in [-0.15, -0.1) is 0 Å². The standard InChI is InChI=1S/C10H10ClN5O2S/c1-16-10(13-14-15-16)12-6-7-3-4-8(5-9(7)11)19(2,17)18/h3-6H,1-2H3. The lowest BCUT2D eigenvalue weighted by Gasteiger charge is -2.01. The van der Waals surface area contributed by atoms with E-state index in [-0.39, 0.29) is 4.90 Å². The first-order chi connectivity index (χ1) is 8.88. The van der Waals surface area contributed by atoms with Crippen molar-refractivity contribution < 1.29 is 8.42 Å². The minimum atomic E-state index is -3.27. The Morgan fingerprint density at radius 3 is 2.68 bits per heavy atom. The minimum Gasteiger partial charge on any atom is -0.224 e. The van der Waals surface area contributed by atoms with Crippen LogP contribution in [0.3, 0.4) is 0 Å². The third-order valence-electron chi connectivity index (χ3n) is 2.32. The van der Waals surface area contributed by atoms with Gasteiger partial charge in [-0.25, -0.2) is 18.1 Å². The Hall–Kier alpha value is -1.80. The number of benzene rings is 1. The van der Waals surface area contributed by atoms with Gasteiger partial charge in [-0.05, 0) is 22.6 Å². The molecule has 0 aliphatic carbocycles. The molecule has 7 nitrogen and oxygen atoms in total. The van der Waals surface area contributed by atoms with Gasteiger partial charge in [0.25, 0.3) is 5.95 Å². The van der Waals surface area contributed by atoms with E-state index in [4.69, 9.17) is 11.6 Å². The smallest absolute Gasteiger partial charge is 0.224 e. The Morgan fingerprint density at radius 2 is 2.16 bits per heavy atom. The van der Waals surface area contributed by atoms with Gasteiger partial charge in [-0.3, -0.25) is 0 Å². The van der Waals surface area contributed by atoms with Crippen LogP contribution in [0.4, 0.5) is 5.95 Å². The second-order valence-corrected chi connectivity index (χ2v) is 6.24. The summed E-state index contributed by atoms with van der Waals surface area (Å²) in [7, 11) is -1.62. The highest BCUT2D eigenvalue weighted by Crippen LogP contribution is 2.20. The van der Waals surface area contributed by atoms with Crippen molar-refractivity contribution in [3.8, 4) is 0 Å². The summed E-state index contributed by atoms with van der Waals surface area (Å²) < 4.78 is 24.1. The van der Waals surface area contributed by atoms with Gasteiger partial charge in [-0.1, -0.05) is 22.8 Å². The molecule has 0 bridgehead atoms. The number of hydrogen-bond acceptors (Lipinski definition) is 6. The van der Waals surface area contributed by atoms with E-state index in [1.807, 2.05) is 0 Å². The van der Waals surface area contributed by atoms with Crippen LogP contribution >= 0.6 is 11.6 Å². The molecule has 0 unspecified atom stereocenters. The molecule has 0 saturated heterocycles. The van der Waals surface area contributed by atoms with E-state index >= 15 is 0 Å². The number of aliphatic imine (C=N–C) groups is 1. The van der Waals surface area contributed by atoms with Crippen molar-refractivity contribution in [2.24, 2.45) is 12.0 Å².